The Labute approximate surface area is 210 Å². The average molecular weight is 529 g/mol. The Morgan fingerprint density at radius 1 is 1.09 bits per heavy atom. The van der Waals surface area contributed by atoms with Crippen LogP contribution in [0.25, 0.3) is 22.4 Å². The molecule has 0 aliphatic rings. The lowest BCUT2D eigenvalue weighted by atomic mass is 10.2. The van der Waals surface area contributed by atoms with Crippen LogP contribution in [0, 0.1) is 32.1 Å². The van der Waals surface area contributed by atoms with Crippen LogP contribution in [0.15, 0.2) is 70.2 Å². The van der Waals surface area contributed by atoms with Crippen molar-refractivity contribution in [3.05, 3.63) is 93.2 Å². The molecule has 0 saturated heterocycles. The smallest absolute Gasteiger partial charge is 0.174 e. The van der Waals surface area contributed by atoms with Crippen molar-refractivity contribution in [3.8, 4) is 11.8 Å². The van der Waals surface area contributed by atoms with Crippen molar-refractivity contribution in [2.45, 2.75) is 25.8 Å². The van der Waals surface area contributed by atoms with Crippen LogP contribution >= 0.6 is 27.7 Å². The topological polar surface area (TPSA) is 63.1 Å². The number of nitriles is 1. The van der Waals surface area contributed by atoms with Crippen LogP contribution in [0.4, 0.5) is 0 Å². The first kappa shape index (κ1) is 22.5. The van der Waals surface area contributed by atoms with Gasteiger partial charge in [-0.15, -0.1) is 0 Å². The molecule has 0 aliphatic heterocycles. The highest BCUT2D eigenvalue weighted by Crippen LogP contribution is 2.30. The second-order valence-electron chi connectivity index (χ2n) is 8.22. The quantitative estimate of drug-likeness (QED) is 0.185. The molecule has 0 unspecified atom stereocenters. The number of halogens is 1. The molecule has 0 radical (unpaired) electrons. The summed E-state index contributed by atoms with van der Waals surface area (Å²) in [5, 5.41) is 10.6. The summed E-state index contributed by atoms with van der Waals surface area (Å²) in [4.78, 5) is 18.0. The Morgan fingerprint density at radius 2 is 1.82 bits per heavy atom. The number of benzene rings is 2. The predicted octanol–water partition coefficient (Wildman–Crippen LogP) is 6.81. The van der Waals surface area contributed by atoms with E-state index < -0.39 is 0 Å². The van der Waals surface area contributed by atoms with Gasteiger partial charge >= 0.3 is 0 Å². The number of ketones is 1. The number of carbonyl (C=O) groups is 1. The lowest BCUT2D eigenvalue weighted by Gasteiger charge is -2.11. The van der Waals surface area contributed by atoms with Gasteiger partial charge in [0.15, 0.2) is 11.4 Å². The van der Waals surface area contributed by atoms with Crippen LogP contribution in [-0.2, 0) is 0 Å². The number of hydrogen-bond donors (Lipinski definition) is 0. The number of carbonyl (C=O) groups excluding carboxylic acids is 1. The van der Waals surface area contributed by atoms with Crippen molar-refractivity contribution in [3.63, 3.8) is 0 Å². The fourth-order valence-electron chi connectivity index (χ4n) is 4.41. The molecule has 0 fully saturated rings. The summed E-state index contributed by atoms with van der Waals surface area (Å²) in [7, 11) is 0. The molecule has 0 amide bonds. The fourth-order valence-corrected chi connectivity index (χ4v) is 5.68. The Balaban J connectivity index is 1.50. The Hall–Kier alpha value is -3.34. The molecule has 7 heteroatoms. The van der Waals surface area contributed by atoms with Crippen molar-refractivity contribution < 1.29 is 4.79 Å². The van der Waals surface area contributed by atoms with E-state index in [1.165, 1.54) is 11.8 Å². The maximum absolute atomic E-state index is 13.3. The van der Waals surface area contributed by atoms with E-state index in [0.29, 0.717) is 11.2 Å². The van der Waals surface area contributed by atoms with Crippen LogP contribution in [0.2, 0.25) is 0 Å². The van der Waals surface area contributed by atoms with E-state index in [2.05, 4.69) is 26.6 Å². The first-order valence-corrected chi connectivity index (χ1v) is 12.6. The molecule has 0 N–H and O–H groups in total. The molecule has 34 heavy (non-hydrogen) atoms. The van der Waals surface area contributed by atoms with E-state index >= 15 is 0 Å². The van der Waals surface area contributed by atoms with E-state index in [1.54, 1.807) is 0 Å². The van der Waals surface area contributed by atoms with Crippen LogP contribution in [0.3, 0.4) is 0 Å². The monoisotopic (exact) mass is 528 g/mol. The van der Waals surface area contributed by atoms with Crippen molar-refractivity contribution >= 4 is 50.2 Å². The highest BCUT2D eigenvalue weighted by Gasteiger charge is 2.19. The second kappa shape index (κ2) is 8.79. The van der Waals surface area contributed by atoms with Gasteiger partial charge in [0.1, 0.15) is 6.07 Å². The van der Waals surface area contributed by atoms with Gasteiger partial charge in [-0.25, -0.2) is 4.98 Å². The molecule has 0 spiro atoms. The molecule has 0 atom stereocenters. The molecule has 0 aliphatic carbocycles. The number of thioether (sulfide) groups is 1. The lowest BCUT2D eigenvalue weighted by Crippen LogP contribution is -2.06. The minimum absolute atomic E-state index is 0.0704. The zero-order valence-electron chi connectivity index (χ0n) is 19.0. The predicted molar refractivity (Wildman–Crippen MR) is 140 cm³/mol. The van der Waals surface area contributed by atoms with E-state index in [4.69, 9.17) is 4.98 Å². The average Bonchev–Trinajstić information content (AvgIpc) is 3.35. The number of pyridine rings is 1. The highest BCUT2D eigenvalue weighted by molar-refractivity contribution is 9.10. The molecule has 3 heterocycles. The first-order chi connectivity index (χ1) is 16.4. The third-order valence-corrected chi connectivity index (χ3v) is 7.55. The molecule has 0 bridgehead atoms. The van der Waals surface area contributed by atoms with Gasteiger partial charge in [-0.2, -0.15) is 5.26 Å². The molecule has 2 aromatic carbocycles. The largest absolute Gasteiger partial charge is 0.318 e. The zero-order valence-corrected chi connectivity index (χ0v) is 21.4. The fraction of sp³-hybridized carbons (Fsp3) is 0.148. The minimum Gasteiger partial charge on any atom is -0.318 e. The number of para-hydroxylation sites is 2. The van der Waals surface area contributed by atoms with Crippen molar-refractivity contribution in [2.75, 3.05) is 5.75 Å². The lowest BCUT2D eigenvalue weighted by molar-refractivity contribution is 0.102. The van der Waals surface area contributed by atoms with Gasteiger partial charge in [-0.3, -0.25) is 9.20 Å². The van der Waals surface area contributed by atoms with E-state index in [0.717, 1.165) is 48.7 Å². The maximum atomic E-state index is 13.3. The first-order valence-electron chi connectivity index (χ1n) is 10.8. The van der Waals surface area contributed by atoms with Gasteiger partial charge in [0.25, 0.3) is 0 Å². The third kappa shape index (κ3) is 3.73. The maximum Gasteiger partial charge on any atom is 0.174 e. The Morgan fingerprint density at radius 3 is 2.56 bits per heavy atom. The van der Waals surface area contributed by atoms with E-state index in [1.807, 2.05) is 85.8 Å². The van der Waals surface area contributed by atoms with E-state index in [-0.39, 0.29) is 11.5 Å². The third-order valence-electron chi connectivity index (χ3n) is 6.02. The van der Waals surface area contributed by atoms with E-state index in [9.17, 15) is 10.1 Å². The standard InChI is InChI=1S/C27H21BrN4OS/c1-16-12-26(32-24-7-5-4-6-23(24)30-27(32)22(16)14-29)34-15-25(33)21-13-17(2)31(18(21)3)20-10-8-19(28)9-11-20/h4-13H,15H2,1-3H3. The SMILES string of the molecule is Cc1cc(SCC(=O)c2cc(C)n(-c3ccc(Br)cc3)c2C)n2c(nc3ccccc32)c1C#N. The normalized spacial score (nSPS) is 11.3. The van der Waals surface area contributed by atoms with Gasteiger partial charge < -0.3 is 4.57 Å². The Bertz CT molecular complexity index is 1620. The molecule has 168 valence electrons. The number of aromatic nitrogens is 3. The molecule has 3 aromatic heterocycles. The number of Topliss-reactive ketones (excluding diaryl/α,β-unsaturated/α-hetero) is 1. The molecular formula is C27H21BrN4OS. The number of aryl methyl sites for hydroxylation is 2. The minimum atomic E-state index is 0.0704. The van der Waals surface area contributed by atoms with Crippen LogP contribution in [-0.4, -0.2) is 25.5 Å². The number of hydrogen-bond acceptors (Lipinski definition) is 4. The van der Waals surface area contributed by atoms with Gasteiger partial charge in [0.2, 0.25) is 0 Å². The number of imidazole rings is 1. The number of rotatable bonds is 5. The van der Waals surface area contributed by atoms with Crippen molar-refractivity contribution in [1.29, 1.82) is 5.26 Å². The van der Waals surface area contributed by atoms with Gasteiger partial charge in [0.05, 0.1) is 27.4 Å². The van der Waals surface area contributed by atoms with Crippen LogP contribution in [0.5, 0.6) is 0 Å². The number of nitrogens with zero attached hydrogens (tertiary/aromatic N) is 4. The summed E-state index contributed by atoms with van der Waals surface area (Å²) in [6.45, 7) is 5.92. The summed E-state index contributed by atoms with van der Waals surface area (Å²) < 4.78 is 5.12. The molecule has 5 nitrogen and oxygen atoms in total. The van der Waals surface area contributed by atoms with Crippen molar-refractivity contribution in [1.82, 2.24) is 14.0 Å². The molecule has 5 rings (SSSR count). The number of fused-ring (bicyclic) bond motifs is 3. The molecule has 5 aromatic rings. The van der Waals surface area contributed by atoms with Gasteiger partial charge in [-0.05, 0) is 74.9 Å². The van der Waals surface area contributed by atoms with Crippen molar-refractivity contribution in [2.24, 2.45) is 0 Å². The summed E-state index contributed by atoms with van der Waals surface area (Å²) in [6.07, 6.45) is 0. The summed E-state index contributed by atoms with van der Waals surface area (Å²) in [5.41, 5.74) is 7.51. The Kier molecular flexibility index (Phi) is 5.80. The summed E-state index contributed by atoms with van der Waals surface area (Å²) >= 11 is 4.95. The highest BCUT2D eigenvalue weighted by atomic mass is 79.9. The molecule has 0 saturated carbocycles. The second-order valence-corrected chi connectivity index (χ2v) is 10.1. The summed E-state index contributed by atoms with van der Waals surface area (Å²) in [6, 6.07) is 22.1. The molecular weight excluding hydrogens is 508 g/mol. The van der Waals surface area contributed by atoms with Gasteiger partial charge in [0, 0.05) is 27.1 Å². The van der Waals surface area contributed by atoms with Crippen LogP contribution < -0.4 is 0 Å². The zero-order chi connectivity index (χ0) is 24.0. The van der Waals surface area contributed by atoms with Gasteiger partial charge in [-0.1, -0.05) is 39.8 Å². The van der Waals surface area contributed by atoms with Crippen LogP contribution in [0.1, 0.15) is 32.9 Å². The summed E-state index contributed by atoms with van der Waals surface area (Å²) in [5.74, 6) is 0.360.